The van der Waals surface area contributed by atoms with E-state index in [2.05, 4.69) is 11.6 Å². The third kappa shape index (κ3) is 2.66. The van der Waals surface area contributed by atoms with Gasteiger partial charge in [-0.1, -0.05) is 31.3 Å². The smallest absolute Gasteiger partial charge is 0.250 e. The van der Waals surface area contributed by atoms with Crippen molar-refractivity contribution in [2.24, 2.45) is 10.9 Å². The fraction of sp³-hybridized carbons (Fsp3) is 0.375. The number of hydrogen-bond donors (Lipinski definition) is 0. The highest BCUT2D eigenvalue weighted by molar-refractivity contribution is 7.16. The van der Waals surface area contributed by atoms with Crippen LogP contribution in [0.15, 0.2) is 29.8 Å². The summed E-state index contributed by atoms with van der Waals surface area (Å²) in [7, 11) is 0. The van der Waals surface area contributed by atoms with Crippen LogP contribution in [0.5, 0.6) is 11.5 Å². The number of carbonyl (C=O) groups excluding carboxylic acids is 1. The molecule has 0 saturated heterocycles. The van der Waals surface area contributed by atoms with E-state index in [-0.39, 0.29) is 11.8 Å². The zero-order valence-electron chi connectivity index (χ0n) is 12.7. The molecule has 2 aromatic rings. The molecule has 2 heterocycles. The van der Waals surface area contributed by atoms with Gasteiger partial charge in [-0.3, -0.25) is 4.79 Å². The van der Waals surface area contributed by atoms with E-state index in [1.165, 1.54) is 11.3 Å². The Hall–Kier alpha value is -2.08. The molecule has 1 amide bonds. The fourth-order valence-corrected chi connectivity index (χ4v) is 3.28. The van der Waals surface area contributed by atoms with Crippen LogP contribution < -0.4 is 14.3 Å². The van der Waals surface area contributed by atoms with Crippen molar-refractivity contribution in [1.82, 2.24) is 4.57 Å². The molecule has 3 rings (SSSR count). The SMILES string of the molecule is C=CCn1c(=NC(=O)C(C)C)sc2cc3c(cc21)OCCO3. The van der Waals surface area contributed by atoms with Crippen LogP contribution >= 0.6 is 11.3 Å². The maximum absolute atomic E-state index is 12.0. The zero-order chi connectivity index (χ0) is 15.7. The lowest BCUT2D eigenvalue weighted by molar-refractivity contribution is -0.120. The molecule has 6 heteroatoms. The van der Waals surface area contributed by atoms with Gasteiger partial charge in [0.2, 0.25) is 0 Å². The second-order valence-electron chi connectivity index (χ2n) is 5.35. The molecular weight excluding hydrogens is 300 g/mol. The number of thiazole rings is 1. The Kier molecular flexibility index (Phi) is 4.02. The van der Waals surface area contributed by atoms with Crippen LogP contribution in [0.1, 0.15) is 13.8 Å². The number of fused-ring (bicyclic) bond motifs is 2. The largest absolute Gasteiger partial charge is 0.486 e. The number of nitrogens with zero attached hydrogens (tertiary/aromatic N) is 2. The van der Waals surface area contributed by atoms with E-state index in [4.69, 9.17) is 9.47 Å². The van der Waals surface area contributed by atoms with Crippen molar-refractivity contribution in [3.05, 3.63) is 29.6 Å². The van der Waals surface area contributed by atoms with Gasteiger partial charge in [-0.05, 0) is 0 Å². The highest BCUT2D eigenvalue weighted by atomic mass is 32.1. The van der Waals surface area contributed by atoms with E-state index in [9.17, 15) is 4.79 Å². The summed E-state index contributed by atoms with van der Waals surface area (Å²) in [5, 5.41) is 0. The Morgan fingerprint density at radius 1 is 1.41 bits per heavy atom. The molecule has 0 N–H and O–H groups in total. The molecular formula is C16H18N2O3S. The maximum atomic E-state index is 12.0. The van der Waals surface area contributed by atoms with Crippen molar-refractivity contribution in [2.45, 2.75) is 20.4 Å². The predicted octanol–water partition coefficient (Wildman–Crippen LogP) is 2.74. The average Bonchev–Trinajstić information content (AvgIpc) is 2.82. The van der Waals surface area contributed by atoms with Crippen LogP contribution in [0.2, 0.25) is 0 Å². The maximum Gasteiger partial charge on any atom is 0.250 e. The van der Waals surface area contributed by atoms with E-state index in [0.29, 0.717) is 24.6 Å². The lowest BCUT2D eigenvalue weighted by atomic mass is 10.2. The van der Waals surface area contributed by atoms with Crippen molar-refractivity contribution in [3.63, 3.8) is 0 Å². The summed E-state index contributed by atoms with van der Waals surface area (Å²) in [5.74, 6) is 1.23. The highest BCUT2D eigenvalue weighted by Gasteiger charge is 2.16. The second kappa shape index (κ2) is 5.96. The molecule has 0 spiro atoms. The van der Waals surface area contributed by atoms with Crippen molar-refractivity contribution in [1.29, 1.82) is 0 Å². The third-order valence-electron chi connectivity index (χ3n) is 3.36. The van der Waals surface area contributed by atoms with E-state index in [1.807, 2.05) is 30.5 Å². The molecule has 1 aliphatic rings. The number of aromatic nitrogens is 1. The summed E-state index contributed by atoms with van der Waals surface area (Å²) < 4.78 is 14.2. The van der Waals surface area contributed by atoms with Gasteiger partial charge in [0.25, 0.3) is 5.91 Å². The fourth-order valence-electron chi connectivity index (χ4n) is 2.22. The van der Waals surface area contributed by atoms with E-state index in [0.717, 1.165) is 21.7 Å². The Morgan fingerprint density at radius 2 is 2.09 bits per heavy atom. The molecule has 22 heavy (non-hydrogen) atoms. The Morgan fingerprint density at radius 3 is 2.73 bits per heavy atom. The van der Waals surface area contributed by atoms with Gasteiger partial charge < -0.3 is 14.0 Å². The quantitative estimate of drug-likeness (QED) is 0.818. The molecule has 0 radical (unpaired) electrons. The van der Waals surface area contributed by atoms with Crippen LogP contribution in [0.3, 0.4) is 0 Å². The molecule has 0 aliphatic carbocycles. The molecule has 0 atom stereocenters. The number of rotatable bonds is 3. The Bertz CT molecular complexity index is 802. The Labute approximate surface area is 132 Å². The first kappa shape index (κ1) is 14.8. The van der Waals surface area contributed by atoms with E-state index < -0.39 is 0 Å². The summed E-state index contributed by atoms with van der Waals surface area (Å²) in [6.45, 7) is 9.17. The van der Waals surface area contributed by atoms with Crippen molar-refractivity contribution < 1.29 is 14.3 Å². The molecule has 0 saturated carbocycles. The second-order valence-corrected chi connectivity index (χ2v) is 6.36. The van der Waals surface area contributed by atoms with Gasteiger partial charge in [0.1, 0.15) is 13.2 Å². The summed E-state index contributed by atoms with van der Waals surface area (Å²) in [4.78, 5) is 16.9. The standard InChI is InChI=1S/C16H18N2O3S/c1-4-5-18-11-8-12-13(21-7-6-20-12)9-14(11)22-16(18)17-15(19)10(2)3/h4,8-10H,1,5-7H2,2-3H3. The molecule has 1 aromatic heterocycles. The summed E-state index contributed by atoms with van der Waals surface area (Å²) in [6, 6.07) is 3.90. The normalized spacial score (nSPS) is 14.6. The van der Waals surface area contributed by atoms with Crippen molar-refractivity contribution in [3.8, 4) is 11.5 Å². The third-order valence-corrected chi connectivity index (χ3v) is 4.40. The Balaban J connectivity index is 2.22. The van der Waals surface area contributed by atoms with Crippen molar-refractivity contribution in [2.75, 3.05) is 13.2 Å². The molecule has 116 valence electrons. The summed E-state index contributed by atoms with van der Waals surface area (Å²) in [6.07, 6.45) is 1.79. The number of benzene rings is 1. The number of amides is 1. The molecule has 0 unspecified atom stereocenters. The molecule has 5 nitrogen and oxygen atoms in total. The number of allylic oxidation sites excluding steroid dienone is 1. The molecule has 0 bridgehead atoms. The topological polar surface area (TPSA) is 52.8 Å². The van der Waals surface area contributed by atoms with Gasteiger partial charge in [0.05, 0.1) is 10.2 Å². The zero-order valence-corrected chi connectivity index (χ0v) is 13.5. The van der Waals surface area contributed by atoms with Gasteiger partial charge in [-0.2, -0.15) is 4.99 Å². The first-order chi connectivity index (χ1) is 10.6. The minimum atomic E-state index is -0.123. The number of carbonyl (C=O) groups is 1. The first-order valence-electron chi connectivity index (χ1n) is 7.22. The lowest BCUT2D eigenvalue weighted by Crippen LogP contribution is -2.18. The number of hydrogen-bond acceptors (Lipinski definition) is 4. The minimum absolute atomic E-state index is 0.123. The minimum Gasteiger partial charge on any atom is -0.486 e. The predicted molar refractivity (Wildman–Crippen MR) is 86.4 cm³/mol. The van der Waals surface area contributed by atoms with Gasteiger partial charge >= 0.3 is 0 Å². The van der Waals surface area contributed by atoms with Gasteiger partial charge in [0.15, 0.2) is 16.3 Å². The van der Waals surface area contributed by atoms with Gasteiger partial charge in [-0.15, -0.1) is 6.58 Å². The molecule has 1 aliphatic heterocycles. The number of ether oxygens (including phenoxy) is 2. The lowest BCUT2D eigenvalue weighted by Gasteiger charge is -2.18. The average molecular weight is 318 g/mol. The van der Waals surface area contributed by atoms with Gasteiger partial charge in [-0.25, -0.2) is 0 Å². The molecule has 0 fully saturated rings. The monoisotopic (exact) mass is 318 g/mol. The first-order valence-corrected chi connectivity index (χ1v) is 8.04. The van der Waals surface area contributed by atoms with Crippen LogP contribution in [0.25, 0.3) is 10.2 Å². The van der Waals surface area contributed by atoms with Crippen LogP contribution in [0.4, 0.5) is 0 Å². The van der Waals surface area contributed by atoms with E-state index >= 15 is 0 Å². The van der Waals surface area contributed by atoms with E-state index in [1.54, 1.807) is 6.08 Å². The molecule has 1 aromatic carbocycles. The van der Waals surface area contributed by atoms with Crippen LogP contribution in [-0.2, 0) is 11.3 Å². The summed E-state index contributed by atoms with van der Waals surface area (Å²) >= 11 is 1.47. The van der Waals surface area contributed by atoms with Crippen LogP contribution in [-0.4, -0.2) is 23.7 Å². The van der Waals surface area contributed by atoms with Crippen molar-refractivity contribution >= 4 is 27.5 Å². The highest BCUT2D eigenvalue weighted by Crippen LogP contribution is 2.35. The summed E-state index contributed by atoms with van der Waals surface area (Å²) in [5.41, 5.74) is 0.976. The van der Waals surface area contributed by atoms with Crippen LogP contribution in [0, 0.1) is 5.92 Å². The van der Waals surface area contributed by atoms with Gasteiger partial charge in [0, 0.05) is 24.6 Å².